The highest BCUT2D eigenvalue weighted by Gasteiger charge is 2.33. The lowest BCUT2D eigenvalue weighted by Crippen LogP contribution is -2.52. The van der Waals surface area contributed by atoms with Crippen molar-refractivity contribution in [2.45, 2.75) is 32.9 Å². The molecule has 0 saturated heterocycles. The highest BCUT2D eigenvalue weighted by atomic mass is 32.2. The maximum absolute atomic E-state index is 12.9. The molecule has 0 aliphatic rings. The molecule has 2 aromatic rings. The van der Waals surface area contributed by atoms with E-state index in [1.807, 2.05) is 13.0 Å². The number of methoxy groups -OCH3 is 1. The van der Waals surface area contributed by atoms with Gasteiger partial charge in [-0.1, -0.05) is 50.6 Å². The molecule has 0 spiro atoms. The van der Waals surface area contributed by atoms with Gasteiger partial charge in [0, 0.05) is 18.8 Å². The summed E-state index contributed by atoms with van der Waals surface area (Å²) < 4.78 is 32.2. The average Bonchev–Trinajstić information content (AvgIpc) is 2.79. The Labute approximate surface area is 194 Å². The lowest BCUT2D eigenvalue weighted by atomic mass is 9.96. The second-order valence-corrected chi connectivity index (χ2v) is 9.51. The maximum Gasteiger partial charge on any atom is 0.408 e. The van der Waals surface area contributed by atoms with E-state index in [0.29, 0.717) is 17.9 Å². The fourth-order valence-corrected chi connectivity index (χ4v) is 4.27. The van der Waals surface area contributed by atoms with Crippen LogP contribution < -0.4 is 14.8 Å². The van der Waals surface area contributed by atoms with E-state index in [-0.39, 0.29) is 24.8 Å². The topological polar surface area (TPSA) is 125 Å². The van der Waals surface area contributed by atoms with Crippen molar-refractivity contribution in [3.05, 3.63) is 60.2 Å². The molecule has 2 aromatic carbocycles. The fourth-order valence-electron chi connectivity index (χ4n) is 3.30. The van der Waals surface area contributed by atoms with Crippen molar-refractivity contribution in [1.29, 1.82) is 0 Å². The highest BCUT2D eigenvalue weighted by molar-refractivity contribution is 7.92. The van der Waals surface area contributed by atoms with Crippen LogP contribution in [0.2, 0.25) is 0 Å². The van der Waals surface area contributed by atoms with E-state index in [1.165, 1.54) is 7.11 Å². The summed E-state index contributed by atoms with van der Waals surface area (Å²) in [6.07, 6.45) is -0.637. The molecule has 33 heavy (non-hydrogen) atoms. The molecule has 2 amide bonds. The third kappa shape index (κ3) is 7.98. The molecule has 9 nitrogen and oxygen atoms in total. The first kappa shape index (κ1) is 26.0. The van der Waals surface area contributed by atoms with Crippen molar-refractivity contribution in [3.63, 3.8) is 0 Å². The molecule has 0 radical (unpaired) electrons. The van der Waals surface area contributed by atoms with Gasteiger partial charge >= 0.3 is 6.09 Å². The molecule has 2 unspecified atom stereocenters. The van der Waals surface area contributed by atoms with Gasteiger partial charge in [0.25, 0.3) is 0 Å². The van der Waals surface area contributed by atoms with E-state index in [4.69, 9.17) is 4.74 Å². The van der Waals surface area contributed by atoms with E-state index >= 15 is 0 Å². The summed E-state index contributed by atoms with van der Waals surface area (Å²) in [5, 5.41) is 12.4. The number of hydrogen-bond donors (Lipinski definition) is 3. The molecular weight excluding hydrogens is 446 g/mol. The first-order valence-corrected chi connectivity index (χ1v) is 12.3. The normalized spacial score (nSPS) is 12.9. The van der Waals surface area contributed by atoms with Crippen LogP contribution in [0.3, 0.4) is 0 Å². The van der Waals surface area contributed by atoms with Gasteiger partial charge in [0.2, 0.25) is 15.9 Å². The monoisotopic (exact) mass is 477 g/mol. The Kier molecular flexibility index (Phi) is 9.53. The molecule has 2 atom stereocenters. The van der Waals surface area contributed by atoms with Crippen molar-refractivity contribution in [1.82, 2.24) is 10.2 Å². The number of carbonyl (C=O) groups excluding carboxylic acids is 1. The summed E-state index contributed by atoms with van der Waals surface area (Å²) in [5.41, 5.74) is 1.13. The minimum Gasteiger partial charge on any atom is -0.497 e. The Morgan fingerprint density at radius 2 is 1.73 bits per heavy atom. The van der Waals surface area contributed by atoms with Crippen LogP contribution in [0.25, 0.3) is 0 Å². The summed E-state index contributed by atoms with van der Waals surface area (Å²) in [4.78, 5) is 26.0. The van der Waals surface area contributed by atoms with Crippen LogP contribution in [0.4, 0.5) is 10.5 Å². The number of benzene rings is 2. The number of carboxylic acid groups (broad SMARTS) is 1. The van der Waals surface area contributed by atoms with Gasteiger partial charge in [0.1, 0.15) is 11.8 Å². The standard InChI is InChI=1S/C23H31N3O6S/c1-4-17(2)21(26(23(28)29)16-18-8-6-5-7-9-18)22(27)24-14-15-33(30,31)25-19-10-12-20(32-3)13-11-19/h5-13,17,21,25H,4,14-16H2,1-3H3,(H,24,27)(H,28,29). The molecule has 0 aliphatic carbocycles. The zero-order chi connectivity index (χ0) is 24.4. The SMILES string of the molecule is CCC(C)C(C(=O)NCCS(=O)(=O)Nc1ccc(OC)cc1)N(Cc1ccccc1)C(=O)O. The van der Waals surface area contributed by atoms with Crippen LogP contribution in [0, 0.1) is 5.92 Å². The summed E-state index contributed by atoms with van der Waals surface area (Å²) in [5.74, 6) is -0.551. The molecule has 180 valence electrons. The molecule has 10 heteroatoms. The van der Waals surface area contributed by atoms with E-state index in [0.717, 1.165) is 10.5 Å². The van der Waals surface area contributed by atoms with Gasteiger partial charge in [-0.25, -0.2) is 13.2 Å². The van der Waals surface area contributed by atoms with Crippen LogP contribution in [0.1, 0.15) is 25.8 Å². The Morgan fingerprint density at radius 3 is 2.27 bits per heavy atom. The zero-order valence-electron chi connectivity index (χ0n) is 19.0. The number of hydrogen-bond acceptors (Lipinski definition) is 5. The summed E-state index contributed by atoms with van der Waals surface area (Å²) in [7, 11) is -2.21. The molecule has 0 bridgehead atoms. The number of sulfonamides is 1. The summed E-state index contributed by atoms with van der Waals surface area (Å²) >= 11 is 0. The van der Waals surface area contributed by atoms with E-state index < -0.39 is 28.1 Å². The van der Waals surface area contributed by atoms with Crippen LogP contribution in [0.15, 0.2) is 54.6 Å². The van der Waals surface area contributed by atoms with E-state index in [9.17, 15) is 23.1 Å². The fraction of sp³-hybridized carbons (Fsp3) is 0.391. The van der Waals surface area contributed by atoms with E-state index in [1.54, 1.807) is 55.5 Å². The lowest BCUT2D eigenvalue weighted by molar-refractivity contribution is -0.127. The summed E-state index contributed by atoms with van der Waals surface area (Å²) in [6, 6.07) is 14.5. The third-order valence-electron chi connectivity index (χ3n) is 5.26. The Bertz CT molecular complexity index is 1010. The molecule has 2 rings (SSSR count). The third-order valence-corrected chi connectivity index (χ3v) is 6.55. The van der Waals surface area contributed by atoms with E-state index in [2.05, 4.69) is 10.0 Å². The minimum absolute atomic E-state index is 0.0515. The number of carbonyl (C=O) groups is 2. The van der Waals surface area contributed by atoms with Gasteiger partial charge in [-0.3, -0.25) is 14.4 Å². The van der Waals surface area contributed by atoms with Crippen molar-refractivity contribution >= 4 is 27.7 Å². The smallest absolute Gasteiger partial charge is 0.408 e. The van der Waals surface area contributed by atoms with Crippen LogP contribution >= 0.6 is 0 Å². The largest absolute Gasteiger partial charge is 0.497 e. The lowest BCUT2D eigenvalue weighted by Gasteiger charge is -2.32. The van der Waals surface area contributed by atoms with Crippen molar-refractivity contribution in [2.75, 3.05) is 24.1 Å². The Morgan fingerprint density at radius 1 is 1.09 bits per heavy atom. The van der Waals surface area contributed by atoms with Gasteiger partial charge in [0.05, 0.1) is 12.9 Å². The van der Waals surface area contributed by atoms with Crippen LogP contribution in [0.5, 0.6) is 5.75 Å². The van der Waals surface area contributed by atoms with Gasteiger partial charge < -0.3 is 15.2 Å². The number of nitrogens with zero attached hydrogens (tertiary/aromatic N) is 1. The highest BCUT2D eigenvalue weighted by Crippen LogP contribution is 2.19. The van der Waals surface area contributed by atoms with Gasteiger partial charge in [-0.15, -0.1) is 0 Å². The van der Waals surface area contributed by atoms with Gasteiger partial charge in [-0.2, -0.15) is 0 Å². The predicted molar refractivity (Wildman–Crippen MR) is 127 cm³/mol. The molecule has 0 fully saturated rings. The van der Waals surface area contributed by atoms with Crippen molar-refractivity contribution < 1.29 is 27.9 Å². The predicted octanol–water partition coefficient (Wildman–Crippen LogP) is 3.15. The first-order valence-electron chi connectivity index (χ1n) is 10.6. The summed E-state index contributed by atoms with van der Waals surface area (Å²) in [6.45, 7) is 3.57. The second-order valence-electron chi connectivity index (χ2n) is 7.67. The molecule has 0 aromatic heterocycles. The van der Waals surface area contributed by atoms with Crippen molar-refractivity contribution in [2.24, 2.45) is 5.92 Å². The Hall–Kier alpha value is -3.27. The molecule has 0 saturated carbocycles. The quantitative estimate of drug-likeness (QED) is 0.431. The second kappa shape index (κ2) is 12.1. The number of anilines is 1. The zero-order valence-corrected chi connectivity index (χ0v) is 19.8. The molecule has 0 heterocycles. The number of rotatable bonds is 12. The molecular formula is C23H31N3O6S. The van der Waals surface area contributed by atoms with Gasteiger partial charge in [-0.05, 0) is 35.7 Å². The number of ether oxygens (including phenoxy) is 1. The minimum atomic E-state index is -3.72. The molecule has 0 aliphatic heterocycles. The number of amides is 2. The van der Waals surface area contributed by atoms with Crippen LogP contribution in [-0.2, 0) is 21.4 Å². The Balaban J connectivity index is 2.03. The average molecular weight is 478 g/mol. The van der Waals surface area contributed by atoms with Crippen LogP contribution in [-0.4, -0.2) is 55.9 Å². The maximum atomic E-state index is 12.9. The van der Waals surface area contributed by atoms with Gasteiger partial charge in [0.15, 0.2) is 0 Å². The number of nitrogens with one attached hydrogen (secondary N) is 2. The first-order chi connectivity index (χ1) is 15.7. The van der Waals surface area contributed by atoms with Crippen molar-refractivity contribution in [3.8, 4) is 5.75 Å². The molecule has 3 N–H and O–H groups in total.